The van der Waals surface area contributed by atoms with Crippen molar-refractivity contribution in [1.82, 2.24) is 4.98 Å². The molecule has 18 heavy (non-hydrogen) atoms. The maximum Gasteiger partial charge on any atom is 0.170 e. The number of aldehydes is 1. The van der Waals surface area contributed by atoms with E-state index in [4.69, 9.17) is 9.47 Å². The van der Waals surface area contributed by atoms with E-state index in [1.807, 2.05) is 25.1 Å². The number of rotatable bonds is 4. The fourth-order valence-corrected chi connectivity index (χ4v) is 2.59. The van der Waals surface area contributed by atoms with Crippen molar-refractivity contribution >= 4 is 17.6 Å². The number of para-hydroxylation sites is 1. The fourth-order valence-electron chi connectivity index (χ4n) is 1.69. The Hall–Kier alpha value is -1.88. The molecule has 0 bridgehead atoms. The second-order valence-electron chi connectivity index (χ2n) is 3.62. The van der Waals surface area contributed by atoms with Crippen LogP contribution in [0.1, 0.15) is 15.4 Å². The van der Waals surface area contributed by atoms with E-state index in [2.05, 4.69) is 4.98 Å². The minimum atomic E-state index is 0.472. The molecule has 0 spiro atoms. The topological polar surface area (TPSA) is 48.4 Å². The van der Waals surface area contributed by atoms with Crippen molar-refractivity contribution < 1.29 is 14.3 Å². The number of carbonyl (C=O) groups is 1. The molecule has 0 aliphatic heterocycles. The monoisotopic (exact) mass is 263 g/mol. The smallest absolute Gasteiger partial charge is 0.170 e. The van der Waals surface area contributed by atoms with E-state index in [0.717, 1.165) is 21.7 Å². The summed E-state index contributed by atoms with van der Waals surface area (Å²) in [6.07, 6.45) is 0.766. The van der Waals surface area contributed by atoms with Crippen molar-refractivity contribution in [2.75, 3.05) is 14.2 Å². The van der Waals surface area contributed by atoms with Crippen LogP contribution in [0.25, 0.3) is 10.6 Å². The summed E-state index contributed by atoms with van der Waals surface area (Å²) >= 11 is 1.46. The molecule has 1 aromatic heterocycles. The molecule has 0 saturated carbocycles. The zero-order chi connectivity index (χ0) is 13.1. The molecule has 0 atom stereocenters. The lowest BCUT2D eigenvalue weighted by Gasteiger charge is -2.10. The van der Waals surface area contributed by atoms with Crippen LogP contribution in [0.5, 0.6) is 11.5 Å². The van der Waals surface area contributed by atoms with Crippen LogP contribution >= 0.6 is 11.3 Å². The first kappa shape index (κ1) is 12.6. The van der Waals surface area contributed by atoms with Gasteiger partial charge in [0, 0.05) is 4.88 Å². The standard InChI is InChI=1S/C13H13NO3S/c1-8-10(7-15)14-13(18-8)9-5-4-6-11(16-2)12(9)17-3/h4-7H,1-3H3. The maximum absolute atomic E-state index is 10.8. The van der Waals surface area contributed by atoms with Gasteiger partial charge in [-0.15, -0.1) is 11.3 Å². The van der Waals surface area contributed by atoms with Gasteiger partial charge >= 0.3 is 0 Å². The number of aryl methyl sites for hydroxylation is 1. The molecule has 5 heteroatoms. The molecule has 2 rings (SSSR count). The van der Waals surface area contributed by atoms with E-state index in [-0.39, 0.29) is 0 Å². The third-order valence-electron chi connectivity index (χ3n) is 2.58. The Bertz CT molecular complexity index is 578. The minimum absolute atomic E-state index is 0.472. The van der Waals surface area contributed by atoms with Gasteiger partial charge in [-0.05, 0) is 19.1 Å². The molecule has 0 unspecified atom stereocenters. The minimum Gasteiger partial charge on any atom is -0.493 e. The summed E-state index contributed by atoms with van der Waals surface area (Å²) in [6.45, 7) is 1.87. The van der Waals surface area contributed by atoms with Crippen molar-refractivity contribution in [1.29, 1.82) is 0 Å². The number of thiazole rings is 1. The zero-order valence-electron chi connectivity index (χ0n) is 10.4. The Kier molecular flexibility index (Phi) is 3.62. The average molecular weight is 263 g/mol. The number of ether oxygens (including phenoxy) is 2. The Labute approximate surface area is 109 Å². The molecule has 4 nitrogen and oxygen atoms in total. The van der Waals surface area contributed by atoms with Gasteiger partial charge in [0.15, 0.2) is 17.8 Å². The highest BCUT2D eigenvalue weighted by Gasteiger charge is 2.16. The highest BCUT2D eigenvalue weighted by molar-refractivity contribution is 7.15. The van der Waals surface area contributed by atoms with Gasteiger partial charge in [0.2, 0.25) is 0 Å². The van der Waals surface area contributed by atoms with Crippen LogP contribution in [0.15, 0.2) is 18.2 Å². The lowest BCUT2D eigenvalue weighted by atomic mass is 10.2. The van der Waals surface area contributed by atoms with Crippen molar-refractivity contribution in [3.05, 3.63) is 28.8 Å². The first-order chi connectivity index (χ1) is 8.71. The number of hydrogen-bond donors (Lipinski definition) is 0. The molecule has 0 fully saturated rings. The summed E-state index contributed by atoms with van der Waals surface area (Å²) in [5.74, 6) is 1.28. The highest BCUT2D eigenvalue weighted by atomic mass is 32.1. The molecular weight excluding hydrogens is 250 g/mol. The molecule has 0 radical (unpaired) electrons. The molecule has 0 aliphatic rings. The zero-order valence-corrected chi connectivity index (χ0v) is 11.2. The lowest BCUT2D eigenvalue weighted by molar-refractivity contribution is 0.111. The molecular formula is C13H13NO3S. The molecule has 2 aromatic rings. The van der Waals surface area contributed by atoms with Crippen molar-refractivity contribution in [3.8, 4) is 22.1 Å². The summed E-state index contributed by atoms with van der Waals surface area (Å²) in [5, 5.41) is 0.755. The van der Waals surface area contributed by atoms with Crippen LogP contribution < -0.4 is 9.47 Å². The van der Waals surface area contributed by atoms with Gasteiger partial charge < -0.3 is 9.47 Å². The molecule has 1 aromatic carbocycles. The first-order valence-corrected chi connectivity index (χ1v) is 6.17. The Balaban J connectivity index is 2.59. The fraction of sp³-hybridized carbons (Fsp3) is 0.231. The third-order valence-corrected chi connectivity index (χ3v) is 3.60. The predicted octanol–water partition coefficient (Wildman–Crippen LogP) is 2.95. The van der Waals surface area contributed by atoms with Crippen molar-refractivity contribution in [2.24, 2.45) is 0 Å². The summed E-state index contributed by atoms with van der Waals surface area (Å²) in [6, 6.07) is 5.59. The van der Waals surface area contributed by atoms with E-state index >= 15 is 0 Å². The van der Waals surface area contributed by atoms with Gasteiger partial charge in [-0.2, -0.15) is 0 Å². The van der Waals surface area contributed by atoms with E-state index in [1.165, 1.54) is 11.3 Å². The van der Waals surface area contributed by atoms with Gasteiger partial charge in [0.1, 0.15) is 10.7 Å². The number of methoxy groups -OCH3 is 2. The van der Waals surface area contributed by atoms with Gasteiger partial charge in [-0.1, -0.05) is 6.07 Å². The molecule has 0 saturated heterocycles. The van der Waals surface area contributed by atoms with Gasteiger partial charge in [-0.25, -0.2) is 4.98 Å². The second-order valence-corrected chi connectivity index (χ2v) is 4.82. The number of aromatic nitrogens is 1. The predicted molar refractivity (Wildman–Crippen MR) is 70.8 cm³/mol. The highest BCUT2D eigenvalue weighted by Crippen LogP contribution is 2.39. The summed E-state index contributed by atoms with van der Waals surface area (Å²) in [4.78, 5) is 16.0. The summed E-state index contributed by atoms with van der Waals surface area (Å²) in [7, 11) is 3.17. The largest absolute Gasteiger partial charge is 0.493 e. The van der Waals surface area contributed by atoms with Crippen LogP contribution in [0.2, 0.25) is 0 Å². The van der Waals surface area contributed by atoms with E-state index in [9.17, 15) is 4.79 Å². The summed E-state index contributed by atoms with van der Waals surface area (Å²) in [5.41, 5.74) is 1.30. The quantitative estimate of drug-likeness (QED) is 0.796. The number of benzene rings is 1. The number of carbonyl (C=O) groups excluding carboxylic acids is 1. The van der Waals surface area contributed by atoms with Crippen LogP contribution in [-0.2, 0) is 0 Å². The average Bonchev–Trinajstić information content (AvgIpc) is 2.78. The van der Waals surface area contributed by atoms with Gasteiger partial charge in [-0.3, -0.25) is 4.79 Å². The molecule has 0 N–H and O–H groups in total. The van der Waals surface area contributed by atoms with Crippen LogP contribution in [-0.4, -0.2) is 25.5 Å². The molecule has 94 valence electrons. The van der Waals surface area contributed by atoms with Crippen molar-refractivity contribution in [2.45, 2.75) is 6.92 Å². The lowest BCUT2D eigenvalue weighted by Crippen LogP contribution is -1.93. The third kappa shape index (κ3) is 2.09. The van der Waals surface area contributed by atoms with Crippen LogP contribution in [0.4, 0.5) is 0 Å². The van der Waals surface area contributed by atoms with E-state index < -0.39 is 0 Å². The Morgan fingerprint density at radius 3 is 2.61 bits per heavy atom. The molecule has 0 amide bonds. The first-order valence-electron chi connectivity index (χ1n) is 5.35. The Morgan fingerprint density at radius 1 is 1.28 bits per heavy atom. The van der Waals surface area contributed by atoms with Gasteiger partial charge in [0.05, 0.1) is 19.8 Å². The van der Waals surface area contributed by atoms with E-state index in [1.54, 1.807) is 14.2 Å². The number of hydrogen-bond acceptors (Lipinski definition) is 5. The Morgan fingerprint density at radius 2 is 2.06 bits per heavy atom. The molecule has 0 aliphatic carbocycles. The normalized spacial score (nSPS) is 10.2. The van der Waals surface area contributed by atoms with Crippen LogP contribution in [0, 0.1) is 6.92 Å². The van der Waals surface area contributed by atoms with E-state index in [0.29, 0.717) is 17.2 Å². The summed E-state index contributed by atoms with van der Waals surface area (Å²) < 4.78 is 10.6. The van der Waals surface area contributed by atoms with Gasteiger partial charge in [0.25, 0.3) is 0 Å². The number of nitrogens with zero attached hydrogens (tertiary/aromatic N) is 1. The maximum atomic E-state index is 10.8. The SMILES string of the molecule is COc1cccc(-c2nc(C=O)c(C)s2)c1OC. The molecule has 1 heterocycles. The van der Waals surface area contributed by atoms with Crippen LogP contribution in [0.3, 0.4) is 0 Å². The van der Waals surface area contributed by atoms with Crippen molar-refractivity contribution in [3.63, 3.8) is 0 Å². The second kappa shape index (κ2) is 5.18.